The zero-order valence-electron chi connectivity index (χ0n) is 12.5. The highest BCUT2D eigenvalue weighted by Gasteiger charge is 2.36. The number of hydrogen-bond acceptors (Lipinski definition) is 4. The van der Waals surface area contributed by atoms with E-state index in [-0.39, 0.29) is 11.9 Å². The average Bonchev–Trinajstić information content (AvgIpc) is 2.78. The lowest BCUT2D eigenvalue weighted by atomic mass is 9.99. The van der Waals surface area contributed by atoms with Crippen LogP contribution in [0.25, 0.3) is 0 Å². The van der Waals surface area contributed by atoms with E-state index in [1.807, 2.05) is 14.0 Å². The van der Waals surface area contributed by atoms with Crippen molar-refractivity contribution in [2.75, 3.05) is 53.5 Å². The number of amides is 2. The maximum Gasteiger partial charge on any atom is 0.317 e. The Balaban J connectivity index is 2.25. The molecular weight excluding hydrogens is 262 g/mol. The minimum Gasteiger partial charge on any atom is -0.481 e. The lowest BCUT2D eigenvalue weighted by Gasteiger charge is -2.19. The topological polar surface area (TPSA) is 82.1 Å². The van der Waals surface area contributed by atoms with Crippen LogP contribution in [0.2, 0.25) is 0 Å². The van der Waals surface area contributed by atoms with Crippen molar-refractivity contribution in [2.24, 2.45) is 11.8 Å². The van der Waals surface area contributed by atoms with Crippen molar-refractivity contribution < 1.29 is 19.4 Å². The molecule has 0 radical (unpaired) electrons. The molecule has 0 spiro atoms. The van der Waals surface area contributed by atoms with Gasteiger partial charge in [0, 0.05) is 39.8 Å². The van der Waals surface area contributed by atoms with Crippen LogP contribution in [-0.2, 0) is 9.53 Å². The number of nitrogens with zero attached hydrogens (tertiary/aromatic N) is 2. The summed E-state index contributed by atoms with van der Waals surface area (Å²) in [6.45, 7) is 5.42. The van der Waals surface area contributed by atoms with Crippen LogP contribution in [0, 0.1) is 11.8 Å². The van der Waals surface area contributed by atoms with Crippen molar-refractivity contribution in [3.05, 3.63) is 0 Å². The number of rotatable bonds is 7. The minimum absolute atomic E-state index is 0.00243. The van der Waals surface area contributed by atoms with Crippen molar-refractivity contribution >= 4 is 12.0 Å². The molecule has 116 valence electrons. The fraction of sp³-hybridized carbons (Fsp3) is 0.846. The number of carbonyl (C=O) groups is 2. The Hall–Kier alpha value is -1.34. The van der Waals surface area contributed by atoms with Gasteiger partial charge in [-0.1, -0.05) is 6.92 Å². The Morgan fingerprint density at radius 1 is 1.40 bits per heavy atom. The maximum atomic E-state index is 11.9. The second kappa shape index (κ2) is 8.06. The molecule has 1 fully saturated rings. The van der Waals surface area contributed by atoms with Crippen molar-refractivity contribution in [1.29, 1.82) is 0 Å². The number of nitrogens with one attached hydrogen (secondary N) is 1. The van der Waals surface area contributed by atoms with Crippen molar-refractivity contribution in [3.8, 4) is 0 Å². The van der Waals surface area contributed by atoms with E-state index < -0.39 is 11.9 Å². The molecule has 0 bridgehead atoms. The third-order valence-corrected chi connectivity index (χ3v) is 3.66. The van der Waals surface area contributed by atoms with Crippen LogP contribution in [0.3, 0.4) is 0 Å². The average molecular weight is 287 g/mol. The van der Waals surface area contributed by atoms with Crippen molar-refractivity contribution in [2.45, 2.75) is 6.92 Å². The lowest BCUT2D eigenvalue weighted by molar-refractivity contribution is -0.142. The van der Waals surface area contributed by atoms with Gasteiger partial charge < -0.3 is 25.0 Å². The lowest BCUT2D eigenvalue weighted by Crippen LogP contribution is -2.42. The monoisotopic (exact) mass is 287 g/mol. The molecule has 2 unspecified atom stereocenters. The molecule has 1 aliphatic rings. The van der Waals surface area contributed by atoms with E-state index in [1.54, 1.807) is 12.0 Å². The first-order chi connectivity index (χ1) is 9.45. The van der Waals surface area contributed by atoms with E-state index in [1.165, 1.54) is 0 Å². The molecule has 1 heterocycles. The summed E-state index contributed by atoms with van der Waals surface area (Å²) >= 11 is 0. The van der Waals surface area contributed by atoms with Gasteiger partial charge in [-0.15, -0.1) is 0 Å². The van der Waals surface area contributed by atoms with E-state index in [0.717, 1.165) is 13.1 Å². The predicted molar refractivity (Wildman–Crippen MR) is 74.6 cm³/mol. The number of carbonyl (C=O) groups excluding carboxylic acids is 1. The zero-order chi connectivity index (χ0) is 15.1. The maximum absolute atomic E-state index is 11.9. The second-order valence-electron chi connectivity index (χ2n) is 5.36. The highest BCUT2D eigenvalue weighted by atomic mass is 16.5. The quantitative estimate of drug-likeness (QED) is 0.685. The molecule has 2 N–H and O–H groups in total. The van der Waals surface area contributed by atoms with Gasteiger partial charge in [0.15, 0.2) is 0 Å². The van der Waals surface area contributed by atoms with Crippen LogP contribution in [0.5, 0.6) is 0 Å². The summed E-state index contributed by atoms with van der Waals surface area (Å²) < 4.78 is 4.97. The molecule has 2 atom stereocenters. The summed E-state index contributed by atoms with van der Waals surface area (Å²) in [6, 6.07) is -0.180. The van der Waals surface area contributed by atoms with Crippen molar-refractivity contribution in [1.82, 2.24) is 15.1 Å². The molecule has 1 saturated heterocycles. The normalized spacial score (nSPS) is 22.3. The molecule has 0 aliphatic carbocycles. The van der Waals surface area contributed by atoms with Gasteiger partial charge in [0.1, 0.15) is 0 Å². The number of hydrogen-bond donors (Lipinski definition) is 2. The number of ether oxygens (including phenoxy) is 1. The first-order valence-electron chi connectivity index (χ1n) is 6.88. The second-order valence-corrected chi connectivity index (χ2v) is 5.36. The van der Waals surface area contributed by atoms with Gasteiger partial charge in [0.25, 0.3) is 0 Å². The van der Waals surface area contributed by atoms with Gasteiger partial charge in [0.2, 0.25) is 0 Å². The van der Waals surface area contributed by atoms with Gasteiger partial charge in [-0.05, 0) is 13.0 Å². The highest BCUT2D eigenvalue weighted by Crippen LogP contribution is 2.22. The summed E-state index contributed by atoms with van der Waals surface area (Å²) in [6.07, 6.45) is 0. The van der Waals surface area contributed by atoms with E-state index in [9.17, 15) is 9.59 Å². The predicted octanol–water partition coefficient (Wildman–Crippen LogP) is -0.0733. The largest absolute Gasteiger partial charge is 0.481 e. The molecule has 0 saturated carbocycles. The smallest absolute Gasteiger partial charge is 0.317 e. The Kier molecular flexibility index (Phi) is 6.74. The summed E-state index contributed by atoms with van der Waals surface area (Å²) in [5.74, 6) is -1.28. The van der Waals surface area contributed by atoms with Crippen LogP contribution >= 0.6 is 0 Å². The SMILES string of the molecule is COCCN(C)CCNC(=O)N1CC(C)C(C(=O)O)C1. The van der Waals surface area contributed by atoms with E-state index >= 15 is 0 Å². The number of aliphatic carboxylic acids is 1. The number of carboxylic acids is 1. The molecular formula is C13H25N3O4. The molecule has 1 aliphatic heterocycles. The van der Waals surface area contributed by atoms with Crippen LogP contribution in [-0.4, -0.2) is 80.4 Å². The molecule has 2 amide bonds. The highest BCUT2D eigenvalue weighted by molar-refractivity contribution is 5.77. The van der Waals surface area contributed by atoms with Crippen LogP contribution in [0.4, 0.5) is 4.79 Å². The molecule has 7 nitrogen and oxygen atoms in total. The minimum atomic E-state index is -0.827. The zero-order valence-corrected chi connectivity index (χ0v) is 12.5. The van der Waals surface area contributed by atoms with Gasteiger partial charge in [-0.3, -0.25) is 4.79 Å². The van der Waals surface area contributed by atoms with Gasteiger partial charge in [-0.2, -0.15) is 0 Å². The third-order valence-electron chi connectivity index (χ3n) is 3.66. The molecule has 20 heavy (non-hydrogen) atoms. The first kappa shape index (κ1) is 16.7. The van der Waals surface area contributed by atoms with Crippen LogP contribution in [0.1, 0.15) is 6.92 Å². The molecule has 7 heteroatoms. The summed E-state index contributed by atoms with van der Waals surface area (Å²) in [7, 11) is 3.62. The Bertz CT molecular complexity index is 338. The van der Waals surface area contributed by atoms with Gasteiger partial charge in [-0.25, -0.2) is 4.79 Å². The number of likely N-dealkylation sites (N-methyl/N-ethyl adjacent to an activating group) is 1. The molecule has 1 rings (SSSR count). The van der Waals surface area contributed by atoms with Crippen LogP contribution in [0.15, 0.2) is 0 Å². The van der Waals surface area contributed by atoms with Gasteiger partial charge >= 0.3 is 12.0 Å². The molecule has 0 aromatic carbocycles. The number of methoxy groups -OCH3 is 1. The first-order valence-corrected chi connectivity index (χ1v) is 6.88. The third kappa shape index (κ3) is 4.97. The number of likely N-dealkylation sites (tertiary alicyclic amines) is 1. The van der Waals surface area contributed by atoms with Crippen LogP contribution < -0.4 is 5.32 Å². The Morgan fingerprint density at radius 2 is 2.10 bits per heavy atom. The van der Waals surface area contributed by atoms with Crippen molar-refractivity contribution in [3.63, 3.8) is 0 Å². The Morgan fingerprint density at radius 3 is 2.65 bits per heavy atom. The van der Waals surface area contributed by atoms with Gasteiger partial charge in [0.05, 0.1) is 12.5 Å². The summed E-state index contributed by atoms with van der Waals surface area (Å²) in [5.41, 5.74) is 0. The Labute approximate surface area is 119 Å². The molecule has 0 aromatic rings. The fourth-order valence-electron chi connectivity index (χ4n) is 2.28. The number of urea groups is 1. The van der Waals surface area contributed by atoms with E-state index in [4.69, 9.17) is 9.84 Å². The summed E-state index contributed by atoms with van der Waals surface area (Å²) in [4.78, 5) is 26.6. The van der Waals surface area contributed by atoms with E-state index in [0.29, 0.717) is 26.2 Å². The summed E-state index contributed by atoms with van der Waals surface area (Å²) in [5, 5.41) is 11.9. The molecule has 0 aromatic heterocycles. The fourth-order valence-corrected chi connectivity index (χ4v) is 2.28. The standard InChI is InChI=1S/C13H25N3O4/c1-10-8-16(9-11(10)12(17)18)13(19)14-4-5-15(2)6-7-20-3/h10-11H,4-9H2,1-3H3,(H,14,19)(H,17,18). The van der Waals surface area contributed by atoms with E-state index in [2.05, 4.69) is 10.2 Å². The number of carboxylic acid groups (broad SMARTS) is 1.